The van der Waals surface area contributed by atoms with E-state index in [2.05, 4.69) is 35.4 Å². The number of benzene rings is 1. The average Bonchev–Trinajstić information content (AvgIpc) is 3.04. The number of hydrogen-bond acceptors (Lipinski definition) is 3. The Morgan fingerprint density at radius 3 is 2.92 bits per heavy atom. The molecule has 1 aromatic heterocycles. The summed E-state index contributed by atoms with van der Waals surface area (Å²) in [4.78, 5) is 14.6. The number of carboxylic acids is 1. The van der Waals surface area contributed by atoms with Gasteiger partial charge in [0.05, 0.1) is 0 Å². The molecule has 1 aromatic carbocycles. The number of nitrogens with zero attached hydrogens (tertiary/aromatic N) is 1. The number of thiophene rings is 1. The van der Waals surface area contributed by atoms with E-state index in [0.29, 0.717) is 12.1 Å². The van der Waals surface area contributed by atoms with E-state index in [1.165, 1.54) is 16.0 Å². The smallest absolute Gasteiger partial charge is 0.332 e. The molecule has 1 aliphatic heterocycles. The molecule has 0 amide bonds. The fourth-order valence-corrected chi connectivity index (χ4v) is 4.37. The Bertz CT molecular complexity index is 853. The fourth-order valence-electron chi connectivity index (χ4n) is 3.19. The van der Waals surface area contributed by atoms with Crippen molar-refractivity contribution in [2.45, 2.75) is 19.8 Å². The monoisotopic (exact) mass is 387 g/mol. The number of rotatable bonds is 6. The van der Waals surface area contributed by atoms with E-state index >= 15 is 0 Å². The van der Waals surface area contributed by atoms with Gasteiger partial charge in [0, 0.05) is 35.1 Å². The highest BCUT2D eigenvalue weighted by atomic mass is 35.5. The second-order valence-corrected chi connectivity index (χ2v) is 7.80. The number of aliphatic carboxylic acids is 1. The summed E-state index contributed by atoms with van der Waals surface area (Å²) in [5.74, 6) is -0.806. The van der Waals surface area contributed by atoms with Crippen molar-refractivity contribution >= 4 is 34.5 Å². The van der Waals surface area contributed by atoms with Gasteiger partial charge in [-0.15, -0.1) is 11.3 Å². The molecule has 1 N–H and O–H groups in total. The van der Waals surface area contributed by atoms with Crippen molar-refractivity contribution in [1.82, 2.24) is 4.90 Å². The number of hydrogen-bond donors (Lipinski definition) is 1. The maximum Gasteiger partial charge on any atom is 0.332 e. The predicted molar refractivity (Wildman–Crippen MR) is 109 cm³/mol. The minimum absolute atomic E-state index is 0.504. The lowest BCUT2D eigenvalue weighted by Crippen LogP contribution is -2.32. The number of aryl methyl sites for hydroxylation is 1. The molecule has 5 heteroatoms. The lowest BCUT2D eigenvalue weighted by Gasteiger charge is -2.25. The molecule has 1 aliphatic rings. The summed E-state index contributed by atoms with van der Waals surface area (Å²) >= 11 is 7.93. The van der Waals surface area contributed by atoms with Crippen molar-refractivity contribution in [1.29, 1.82) is 0 Å². The van der Waals surface area contributed by atoms with Gasteiger partial charge < -0.3 is 5.11 Å². The van der Waals surface area contributed by atoms with E-state index in [9.17, 15) is 9.90 Å². The van der Waals surface area contributed by atoms with Gasteiger partial charge in [-0.2, -0.15) is 0 Å². The Labute approximate surface area is 163 Å². The van der Waals surface area contributed by atoms with Crippen LogP contribution in [0, 0.1) is 6.92 Å². The highest BCUT2D eigenvalue weighted by Crippen LogP contribution is 2.32. The maximum absolute atomic E-state index is 11.2. The molecule has 0 aliphatic carbocycles. The Kier molecular flexibility index (Phi) is 6.30. The van der Waals surface area contributed by atoms with Crippen LogP contribution in [-0.4, -0.2) is 35.6 Å². The molecule has 2 heterocycles. The van der Waals surface area contributed by atoms with Gasteiger partial charge in [-0.25, -0.2) is 4.79 Å². The van der Waals surface area contributed by atoms with Gasteiger partial charge in [0.15, 0.2) is 0 Å². The Hall–Kier alpha value is -1.88. The van der Waals surface area contributed by atoms with E-state index in [1.807, 2.05) is 24.3 Å². The van der Waals surface area contributed by atoms with Crippen molar-refractivity contribution < 1.29 is 9.90 Å². The van der Waals surface area contributed by atoms with Crippen LogP contribution in [0.25, 0.3) is 5.57 Å². The third-order valence-electron chi connectivity index (χ3n) is 4.54. The van der Waals surface area contributed by atoms with Gasteiger partial charge in [-0.3, -0.25) is 4.90 Å². The second kappa shape index (κ2) is 8.67. The van der Waals surface area contributed by atoms with Crippen LogP contribution < -0.4 is 0 Å². The minimum Gasteiger partial charge on any atom is -0.478 e. The van der Waals surface area contributed by atoms with Crippen molar-refractivity contribution in [2.75, 3.05) is 19.6 Å². The zero-order valence-electron chi connectivity index (χ0n) is 14.7. The Morgan fingerprint density at radius 1 is 1.38 bits per heavy atom. The first-order chi connectivity index (χ1) is 12.5. The minimum atomic E-state index is -0.806. The van der Waals surface area contributed by atoms with Crippen LogP contribution in [0.2, 0.25) is 5.02 Å². The highest BCUT2D eigenvalue weighted by molar-refractivity contribution is 7.11. The first-order valence-electron chi connectivity index (χ1n) is 8.70. The van der Waals surface area contributed by atoms with E-state index in [1.54, 1.807) is 11.3 Å². The molecule has 0 radical (unpaired) electrons. The summed E-state index contributed by atoms with van der Waals surface area (Å²) in [5, 5.41) is 12.0. The molecule has 3 nitrogen and oxygen atoms in total. The summed E-state index contributed by atoms with van der Waals surface area (Å²) in [6, 6.07) is 10.1. The number of carbonyl (C=O) groups is 1. The molecule has 0 bridgehead atoms. The summed E-state index contributed by atoms with van der Waals surface area (Å²) < 4.78 is 0. The largest absolute Gasteiger partial charge is 0.478 e. The van der Waals surface area contributed by atoms with Gasteiger partial charge in [0.25, 0.3) is 0 Å². The Balaban J connectivity index is 1.77. The topological polar surface area (TPSA) is 40.5 Å². The molecule has 26 heavy (non-hydrogen) atoms. The van der Waals surface area contributed by atoms with Gasteiger partial charge in [-0.05, 0) is 60.0 Å². The molecule has 3 rings (SSSR count). The van der Waals surface area contributed by atoms with E-state index in [-0.39, 0.29) is 0 Å². The van der Waals surface area contributed by atoms with Gasteiger partial charge in [-0.1, -0.05) is 35.9 Å². The molecule has 0 unspecified atom stereocenters. The van der Waals surface area contributed by atoms with Crippen molar-refractivity contribution in [3.05, 3.63) is 74.5 Å². The third kappa shape index (κ3) is 4.64. The third-order valence-corrected chi connectivity index (χ3v) is 5.83. The normalized spacial score (nSPS) is 15.8. The molecule has 136 valence electrons. The van der Waals surface area contributed by atoms with Crippen molar-refractivity contribution in [2.24, 2.45) is 0 Å². The molecular formula is C21H22ClNO2S. The predicted octanol–water partition coefficient (Wildman–Crippen LogP) is 5.25. The standard InChI is InChI=1S/C21H22ClNO2S/c1-15-9-12-26-20(15)19(16-5-2-7-18(22)13-16)8-4-11-23-10-3-6-17(14-23)21(24)25/h2,5-9,12-13H,3-4,10-11,14H2,1H3,(H,24,25). The lowest BCUT2D eigenvalue weighted by atomic mass is 10.0. The first kappa shape index (κ1) is 18.9. The molecule has 0 atom stereocenters. The molecule has 0 saturated carbocycles. The summed E-state index contributed by atoms with van der Waals surface area (Å²) in [6.07, 6.45) is 5.76. The van der Waals surface area contributed by atoms with Gasteiger partial charge >= 0.3 is 5.97 Å². The van der Waals surface area contributed by atoms with E-state index < -0.39 is 5.97 Å². The molecule has 0 saturated heterocycles. The van der Waals surface area contributed by atoms with E-state index in [4.69, 9.17) is 11.6 Å². The average molecular weight is 388 g/mol. The van der Waals surface area contributed by atoms with Gasteiger partial charge in [0.1, 0.15) is 0 Å². The zero-order valence-corrected chi connectivity index (χ0v) is 16.3. The molecule has 2 aromatic rings. The fraction of sp³-hybridized carbons (Fsp3) is 0.286. The molecule has 0 fully saturated rings. The Morgan fingerprint density at radius 2 is 2.23 bits per heavy atom. The number of carboxylic acid groups (broad SMARTS) is 1. The zero-order chi connectivity index (χ0) is 18.5. The van der Waals surface area contributed by atoms with Crippen LogP contribution >= 0.6 is 22.9 Å². The van der Waals surface area contributed by atoms with Crippen LogP contribution in [0.1, 0.15) is 28.8 Å². The molecular weight excluding hydrogens is 366 g/mol. The first-order valence-corrected chi connectivity index (χ1v) is 9.95. The van der Waals surface area contributed by atoms with Crippen LogP contribution in [0.4, 0.5) is 0 Å². The quantitative estimate of drug-likeness (QED) is 0.736. The van der Waals surface area contributed by atoms with Crippen LogP contribution in [0.5, 0.6) is 0 Å². The SMILES string of the molecule is Cc1ccsc1C(=CCCN1CCC=C(C(=O)O)C1)c1cccc(Cl)c1. The van der Waals surface area contributed by atoms with Crippen LogP contribution in [0.3, 0.4) is 0 Å². The highest BCUT2D eigenvalue weighted by Gasteiger charge is 2.17. The second-order valence-electron chi connectivity index (χ2n) is 6.45. The lowest BCUT2D eigenvalue weighted by molar-refractivity contribution is -0.133. The van der Waals surface area contributed by atoms with Crippen LogP contribution in [-0.2, 0) is 4.79 Å². The summed E-state index contributed by atoms with van der Waals surface area (Å²) in [5.41, 5.74) is 4.08. The van der Waals surface area contributed by atoms with Crippen LogP contribution in [0.15, 0.2) is 53.4 Å². The van der Waals surface area contributed by atoms with Crippen molar-refractivity contribution in [3.63, 3.8) is 0 Å². The van der Waals surface area contributed by atoms with E-state index in [0.717, 1.165) is 36.5 Å². The van der Waals surface area contributed by atoms with Gasteiger partial charge in [0.2, 0.25) is 0 Å². The van der Waals surface area contributed by atoms with Crippen molar-refractivity contribution in [3.8, 4) is 0 Å². The summed E-state index contributed by atoms with van der Waals surface area (Å²) in [6.45, 7) is 4.40. The summed E-state index contributed by atoms with van der Waals surface area (Å²) in [7, 11) is 0. The molecule has 0 spiro atoms. The maximum atomic E-state index is 11.2. The number of halogens is 1.